The largest absolute Gasteiger partial charge is 0.508 e. The number of rotatable bonds is 6. The van der Waals surface area contributed by atoms with Crippen LogP contribution in [0, 0.1) is 6.92 Å². The molecule has 234 valence electrons. The second kappa shape index (κ2) is 10.4. The molecule has 2 aromatic carbocycles. The van der Waals surface area contributed by atoms with Crippen LogP contribution < -0.4 is 16.1 Å². The minimum Gasteiger partial charge on any atom is -0.508 e. The van der Waals surface area contributed by atoms with Crippen molar-refractivity contribution in [3.8, 4) is 5.75 Å². The second-order valence-electron chi connectivity index (χ2n) is 13.1. The van der Waals surface area contributed by atoms with Gasteiger partial charge in [0.1, 0.15) is 34.8 Å². The molecule has 3 aliphatic heterocycles. The molecule has 6 atom stereocenters. The van der Waals surface area contributed by atoms with Crippen molar-refractivity contribution in [2.24, 2.45) is 0 Å². The third kappa shape index (κ3) is 4.52. The van der Waals surface area contributed by atoms with E-state index in [1.807, 2.05) is 13.0 Å². The van der Waals surface area contributed by atoms with Gasteiger partial charge in [0.05, 0.1) is 5.52 Å². The number of aromatic nitrogens is 1. The smallest absolute Gasteiger partial charge is 0.327 e. The summed E-state index contributed by atoms with van der Waals surface area (Å²) in [6, 6.07) is 6.50. The molecule has 11 nitrogen and oxygen atoms in total. The van der Waals surface area contributed by atoms with Gasteiger partial charge in [0.2, 0.25) is 17.2 Å². The minimum atomic E-state index is -1.31. The molecule has 4 heterocycles. The summed E-state index contributed by atoms with van der Waals surface area (Å²) < 4.78 is 1.30. The lowest BCUT2D eigenvalue weighted by Gasteiger charge is -2.44. The lowest BCUT2D eigenvalue weighted by molar-refractivity contribution is -0.161. The summed E-state index contributed by atoms with van der Waals surface area (Å²) in [5, 5.41) is 25.0. The SMILES string of the molecule is Cc1cc2c3c(c1)c(=O)c(C(=O)NC(C(=O)NC1C(=O)N4C1SC(C)(C)C4C(=O)O)c1ccc(O)cc1)cn3C1CCCCC21. The molecule has 45 heavy (non-hydrogen) atoms. The Morgan fingerprint density at radius 3 is 2.49 bits per heavy atom. The lowest BCUT2D eigenvalue weighted by atomic mass is 9.82. The molecular weight excluding hydrogens is 596 g/mol. The Hall–Kier alpha value is -4.32. The van der Waals surface area contributed by atoms with Gasteiger partial charge in [-0.25, -0.2) is 4.79 Å². The summed E-state index contributed by atoms with van der Waals surface area (Å²) >= 11 is 1.30. The number of carbonyl (C=O) groups is 4. The van der Waals surface area contributed by atoms with Crippen molar-refractivity contribution in [1.29, 1.82) is 0 Å². The number of hydrogen-bond acceptors (Lipinski definition) is 7. The molecule has 1 aromatic heterocycles. The van der Waals surface area contributed by atoms with Gasteiger partial charge in [-0.1, -0.05) is 31.0 Å². The number of carboxylic acid groups (broad SMARTS) is 1. The first-order valence-corrected chi connectivity index (χ1v) is 16.1. The highest BCUT2D eigenvalue weighted by atomic mass is 32.2. The van der Waals surface area contributed by atoms with Crippen LogP contribution in [0.15, 0.2) is 47.4 Å². The van der Waals surface area contributed by atoms with Crippen LogP contribution in [0.25, 0.3) is 10.9 Å². The number of carboxylic acids is 1. The summed E-state index contributed by atoms with van der Waals surface area (Å²) in [4.78, 5) is 67.8. The lowest BCUT2D eigenvalue weighted by Crippen LogP contribution is -2.71. The fourth-order valence-corrected chi connectivity index (χ4v) is 9.37. The zero-order chi connectivity index (χ0) is 31.9. The van der Waals surface area contributed by atoms with E-state index in [4.69, 9.17) is 0 Å². The van der Waals surface area contributed by atoms with Gasteiger partial charge in [-0.05, 0) is 68.5 Å². The fraction of sp³-hybridized carbons (Fsp3) is 0.424. The summed E-state index contributed by atoms with van der Waals surface area (Å²) in [5.74, 6) is -2.81. The fourth-order valence-electron chi connectivity index (χ4n) is 7.75. The number of thioether (sulfide) groups is 1. The van der Waals surface area contributed by atoms with Crippen molar-refractivity contribution < 1.29 is 29.4 Å². The first-order valence-electron chi connectivity index (χ1n) is 15.2. The number of fused-ring (bicyclic) bond motifs is 4. The van der Waals surface area contributed by atoms with Crippen molar-refractivity contribution in [2.75, 3.05) is 0 Å². The highest BCUT2D eigenvalue weighted by molar-refractivity contribution is 8.01. The van der Waals surface area contributed by atoms with E-state index in [-0.39, 0.29) is 23.3 Å². The van der Waals surface area contributed by atoms with E-state index in [1.165, 1.54) is 40.9 Å². The van der Waals surface area contributed by atoms with Gasteiger partial charge >= 0.3 is 5.97 Å². The highest BCUT2D eigenvalue weighted by Crippen LogP contribution is 2.51. The zero-order valence-electron chi connectivity index (χ0n) is 25.1. The summed E-state index contributed by atoms with van der Waals surface area (Å²) in [7, 11) is 0. The predicted molar refractivity (Wildman–Crippen MR) is 167 cm³/mol. The van der Waals surface area contributed by atoms with Crippen molar-refractivity contribution >= 4 is 46.4 Å². The molecule has 1 saturated carbocycles. The van der Waals surface area contributed by atoms with Gasteiger partial charge in [0.25, 0.3) is 5.91 Å². The highest BCUT2D eigenvalue weighted by Gasteiger charge is 2.64. The number of nitrogens with zero attached hydrogens (tertiary/aromatic N) is 2. The van der Waals surface area contributed by atoms with Crippen LogP contribution in [0.4, 0.5) is 0 Å². The minimum absolute atomic E-state index is 0.0395. The molecule has 3 fully saturated rings. The number of amides is 3. The van der Waals surface area contributed by atoms with E-state index in [9.17, 15) is 34.2 Å². The van der Waals surface area contributed by atoms with Crippen LogP contribution in [0.5, 0.6) is 5.75 Å². The first-order chi connectivity index (χ1) is 21.4. The van der Waals surface area contributed by atoms with E-state index >= 15 is 0 Å². The van der Waals surface area contributed by atoms with Crippen LogP contribution in [0.1, 0.15) is 84.6 Å². The maximum Gasteiger partial charge on any atom is 0.327 e. The Morgan fingerprint density at radius 1 is 1.07 bits per heavy atom. The summed E-state index contributed by atoms with van der Waals surface area (Å²) in [6.45, 7) is 5.43. The van der Waals surface area contributed by atoms with Gasteiger partial charge in [0, 0.05) is 28.3 Å². The molecule has 0 radical (unpaired) electrons. The molecule has 6 unspecified atom stereocenters. The standard InChI is InChI=1S/C33H34N4O7S/c1-15-12-19-18-6-4-5-7-22(18)36-14-21(26(39)20(13-15)25(19)36)28(40)34-23(16-8-10-17(38)11-9-16)29(41)35-24-30(42)37-27(32(43)44)33(2,3)45-31(24)37/h8-14,18,22-24,27,31,38H,4-7H2,1-3H3,(H,34,40)(H,35,41)(H,43,44). The van der Waals surface area contributed by atoms with Crippen molar-refractivity contribution in [3.63, 3.8) is 0 Å². The normalized spacial score (nSPS) is 26.5. The monoisotopic (exact) mass is 630 g/mol. The van der Waals surface area contributed by atoms with Gasteiger partial charge in [0.15, 0.2) is 0 Å². The predicted octanol–water partition coefficient (Wildman–Crippen LogP) is 3.33. The van der Waals surface area contributed by atoms with E-state index < -0.39 is 57.4 Å². The van der Waals surface area contributed by atoms with Crippen molar-refractivity contribution in [3.05, 3.63) is 75.1 Å². The number of β-lactam (4-membered cyclic amide) rings is 1. The molecule has 0 spiro atoms. The molecule has 4 N–H and O–H groups in total. The Balaban J connectivity index is 1.21. The molecule has 1 aliphatic carbocycles. The first kappa shape index (κ1) is 29.4. The van der Waals surface area contributed by atoms with E-state index in [0.29, 0.717) is 10.9 Å². The van der Waals surface area contributed by atoms with Crippen LogP contribution in [0.3, 0.4) is 0 Å². The van der Waals surface area contributed by atoms with Gasteiger partial charge < -0.3 is 30.3 Å². The van der Waals surface area contributed by atoms with Crippen molar-refractivity contribution in [1.82, 2.24) is 20.1 Å². The molecule has 3 amide bonds. The number of phenolic OH excluding ortho intramolecular Hbond substituents is 1. The molecule has 2 saturated heterocycles. The summed E-state index contributed by atoms with van der Waals surface area (Å²) in [5.41, 5.74) is 2.81. The number of aryl methyl sites for hydroxylation is 1. The van der Waals surface area contributed by atoms with E-state index in [2.05, 4.69) is 21.3 Å². The van der Waals surface area contributed by atoms with E-state index in [1.54, 1.807) is 20.0 Å². The third-order valence-corrected chi connectivity index (χ3v) is 11.3. The Kier molecular flexibility index (Phi) is 6.77. The number of benzene rings is 2. The topological polar surface area (TPSA) is 158 Å². The van der Waals surface area contributed by atoms with Gasteiger partial charge in [-0.15, -0.1) is 11.8 Å². The van der Waals surface area contributed by atoms with Crippen LogP contribution in [-0.2, 0) is 14.4 Å². The number of aromatic hydroxyl groups is 1. The average Bonchev–Trinajstić information content (AvgIpc) is 3.45. The number of pyridine rings is 1. The maximum atomic E-state index is 13.9. The summed E-state index contributed by atoms with van der Waals surface area (Å²) in [6.07, 6.45) is 5.76. The molecule has 12 heteroatoms. The van der Waals surface area contributed by atoms with Gasteiger partial charge in [-0.2, -0.15) is 0 Å². The average molecular weight is 631 g/mol. The number of hydrogen-bond donors (Lipinski definition) is 4. The van der Waals surface area contributed by atoms with Gasteiger partial charge in [-0.3, -0.25) is 19.2 Å². The molecule has 7 rings (SSSR count). The molecule has 0 bridgehead atoms. The molecule has 4 aliphatic rings. The van der Waals surface area contributed by atoms with E-state index in [0.717, 1.165) is 42.3 Å². The number of phenols is 1. The second-order valence-corrected chi connectivity index (χ2v) is 14.8. The molecule has 3 aromatic rings. The van der Waals surface area contributed by atoms with Crippen LogP contribution in [-0.4, -0.2) is 65.6 Å². The maximum absolute atomic E-state index is 13.9. The Morgan fingerprint density at radius 2 is 1.78 bits per heavy atom. The number of aliphatic carboxylic acids is 1. The van der Waals surface area contributed by atoms with Crippen LogP contribution in [0.2, 0.25) is 0 Å². The molecular formula is C33H34N4O7S. The zero-order valence-corrected chi connectivity index (χ0v) is 25.9. The Labute approximate surface area is 263 Å². The van der Waals surface area contributed by atoms with Crippen LogP contribution >= 0.6 is 11.8 Å². The number of carbonyl (C=O) groups excluding carboxylic acids is 3. The quantitative estimate of drug-likeness (QED) is 0.302. The third-order valence-electron chi connectivity index (χ3n) is 9.77. The number of nitrogens with one attached hydrogen (secondary N) is 2. The van der Waals surface area contributed by atoms with Crippen molar-refractivity contribution in [2.45, 2.75) is 86.7 Å². The Bertz CT molecular complexity index is 1850.